The maximum atomic E-state index is 13.6. The normalized spacial score (nSPS) is 11.6. The van der Waals surface area contributed by atoms with Gasteiger partial charge in [-0.1, -0.05) is 96.9 Å². The maximum absolute atomic E-state index is 13.6. The van der Waals surface area contributed by atoms with Crippen molar-refractivity contribution in [2.75, 3.05) is 12.3 Å². The van der Waals surface area contributed by atoms with Gasteiger partial charge in [0.25, 0.3) is 0 Å². The summed E-state index contributed by atoms with van der Waals surface area (Å²) < 4.78 is 0. The number of thioether (sulfide) groups is 1. The number of halogens is 1. The van der Waals surface area contributed by atoms with E-state index in [1.54, 1.807) is 4.90 Å². The number of benzene rings is 3. The highest BCUT2D eigenvalue weighted by Crippen LogP contribution is 2.22. The van der Waals surface area contributed by atoms with Gasteiger partial charge in [-0.25, -0.2) is 0 Å². The summed E-state index contributed by atoms with van der Waals surface area (Å²) in [7, 11) is 0. The number of carbonyl (C=O) groups is 2. The van der Waals surface area contributed by atoms with Gasteiger partial charge in [0, 0.05) is 30.3 Å². The molecule has 0 aromatic heterocycles. The first kappa shape index (κ1) is 26.8. The number of aryl methyl sites for hydroxylation is 1. The number of hydrogen-bond acceptors (Lipinski definition) is 3. The van der Waals surface area contributed by atoms with Crippen molar-refractivity contribution in [2.24, 2.45) is 0 Å². The Morgan fingerprint density at radius 1 is 0.943 bits per heavy atom. The fraction of sp³-hybridized carbons (Fsp3) is 0.310. The Hall–Kier alpha value is -2.76. The average molecular weight is 509 g/mol. The molecule has 0 saturated carbocycles. The van der Waals surface area contributed by atoms with E-state index in [0.717, 1.165) is 28.7 Å². The Morgan fingerprint density at radius 3 is 2.31 bits per heavy atom. The highest BCUT2D eigenvalue weighted by molar-refractivity contribution is 7.99. The minimum Gasteiger partial charge on any atom is -0.354 e. The van der Waals surface area contributed by atoms with Crippen molar-refractivity contribution in [3.05, 3.63) is 106 Å². The second-order valence-corrected chi connectivity index (χ2v) is 9.98. The van der Waals surface area contributed by atoms with Crippen LogP contribution in [0, 0.1) is 6.92 Å². The lowest BCUT2D eigenvalue weighted by Gasteiger charge is -2.31. The molecule has 2 amide bonds. The minimum atomic E-state index is -0.598. The first-order valence-electron chi connectivity index (χ1n) is 12.0. The zero-order chi connectivity index (χ0) is 25.0. The molecule has 0 aliphatic heterocycles. The number of amides is 2. The monoisotopic (exact) mass is 508 g/mol. The molecule has 1 N–H and O–H groups in total. The molecular weight excluding hydrogens is 476 g/mol. The van der Waals surface area contributed by atoms with E-state index >= 15 is 0 Å². The molecule has 0 heterocycles. The van der Waals surface area contributed by atoms with E-state index in [9.17, 15) is 9.59 Å². The van der Waals surface area contributed by atoms with Gasteiger partial charge < -0.3 is 10.2 Å². The smallest absolute Gasteiger partial charge is 0.243 e. The molecule has 0 aliphatic rings. The van der Waals surface area contributed by atoms with Crippen LogP contribution in [0.1, 0.15) is 35.6 Å². The van der Waals surface area contributed by atoms with E-state index in [2.05, 4.69) is 5.32 Å². The zero-order valence-electron chi connectivity index (χ0n) is 20.4. The molecule has 3 aromatic rings. The Labute approximate surface area is 218 Å². The summed E-state index contributed by atoms with van der Waals surface area (Å²) in [6, 6.07) is 25.1. The summed E-state index contributed by atoms with van der Waals surface area (Å²) in [5.74, 6) is 0.723. The highest BCUT2D eigenvalue weighted by Gasteiger charge is 2.30. The Bertz CT molecular complexity index is 1090. The van der Waals surface area contributed by atoms with Crippen LogP contribution in [-0.2, 0) is 28.3 Å². The van der Waals surface area contributed by atoms with E-state index in [-0.39, 0.29) is 17.6 Å². The van der Waals surface area contributed by atoms with Gasteiger partial charge in [-0.2, -0.15) is 0 Å². The summed E-state index contributed by atoms with van der Waals surface area (Å²) in [5, 5.41) is 3.71. The fourth-order valence-electron chi connectivity index (χ4n) is 3.76. The largest absolute Gasteiger partial charge is 0.354 e. The Morgan fingerprint density at radius 2 is 1.63 bits per heavy atom. The van der Waals surface area contributed by atoms with Gasteiger partial charge in [-0.3, -0.25) is 9.59 Å². The molecule has 0 bridgehead atoms. The Balaban J connectivity index is 1.83. The van der Waals surface area contributed by atoms with Gasteiger partial charge in [-0.15, -0.1) is 11.8 Å². The first-order chi connectivity index (χ1) is 17.0. The van der Waals surface area contributed by atoms with E-state index in [1.807, 2.05) is 92.7 Å². The summed E-state index contributed by atoms with van der Waals surface area (Å²) in [5.41, 5.74) is 4.18. The summed E-state index contributed by atoms with van der Waals surface area (Å²) in [6.07, 6.45) is 1.30. The molecule has 0 unspecified atom stereocenters. The number of nitrogens with one attached hydrogen (secondary N) is 1. The van der Waals surface area contributed by atoms with E-state index < -0.39 is 6.04 Å². The van der Waals surface area contributed by atoms with Crippen LogP contribution in [0.15, 0.2) is 78.9 Å². The molecule has 0 fully saturated rings. The molecule has 0 aliphatic carbocycles. The predicted molar refractivity (Wildman–Crippen MR) is 147 cm³/mol. The van der Waals surface area contributed by atoms with Crippen LogP contribution in [0.4, 0.5) is 0 Å². The van der Waals surface area contributed by atoms with Crippen LogP contribution < -0.4 is 5.32 Å². The van der Waals surface area contributed by atoms with E-state index in [1.165, 1.54) is 11.8 Å². The average Bonchev–Trinajstić information content (AvgIpc) is 2.87. The predicted octanol–water partition coefficient (Wildman–Crippen LogP) is 6.05. The second-order valence-electron chi connectivity index (χ2n) is 8.59. The summed E-state index contributed by atoms with van der Waals surface area (Å²) in [6.45, 7) is 5.02. The Kier molecular flexibility index (Phi) is 10.7. The van der Waals surface area contributed by atoms with Gasteiger partial charge in [0.1, 0.15) is 6.04 Å². The quantitative estimate of drug-likeness (QED) is 0.324. The molecule has 35 heavy (non-hydrogen) atoms. The second kappa shape index (κ2) is 14.0. The number of hydrogen-bond donors (Lipinski definition) is 1. The third kappa shape index (κ3) is 8.44. The van der Waals surface area contributed by atoms with Crippen LogP contribution >= 0.6 is 23.4 Å². The van der Waals surface area contributed by atoms with Gasteiger partial charge in [0.05, 0.1) is 5.75 Å². The fourth-order valence-corrected chi connectivity index (χ4v) is 4.95. The van der Waals surface area contributed by atoms with Crippen LogP contribution in [0.5, 0.6) is 0 Å². The van der Waals surface area contributed by atoms with Crippen molar-refractivity contribution in [1.82, 2.24) is 10.2 Å². The van der Waals surface area contributed by atoms with Crippen molar-refractivity contribution in [2.45, 2.75) is 45.0 Å². The molecule has 3 aromatic carbocycles. The summed E-state index contributed by atoms with van der Waals surface area (Å²) >= 11 is 7.81. The van der Waals surface area contributed by atoms with Gasteiger partial charge in [0.15, 0.2) is 0 Å². The van der Waals surface area contributed by atoms with Crippen LogP contribution in [-0.4, -0.2) is 35.1 Å². The number of carbonyl (C=O) groups excluding carboxylic acids is 2. The van der Waals surface area contributed by atoms with Crippen LogP contribution in [0.25, 0.3) is 0 Å². The third-order valence-corrected chi connectivity index (χ3v) is 7.07. The SMILES string of the molecule is CCCNC(=O)[C@@H](Cc1ccccc1)N(Cc1ccc(C)cc1)C(=O)CSCc1ccccc1Cl. The van der Waals surface area contributed by atoms with Crippen LogP contribution in [0.3, 0.4) is 0 Å². The van der Waals surface area contributed by atoms with Crippen molar-refractivity contribution in [3.8, 4) is 0 Å². The highest BCUT2D eigenvalue weighted by atomic mass is 35.5. The van der Waals surface area contributed by atoms with Gasteiger partial charge in [-0.05, 0) is 36.1 Å². The molecule has 0 saturated heterocycles. The third-order valence-electron chi connectivity index (χ3n) is 5.73. The first-order valence-corrected chi connectivity index (χ1v) is 13.5. The van der Waals surface area contributed by atoms with E-state index in [4.69, 9.17) is 11.6 Å². The van der Waals surface area contributed by atoms with Crippen molar-refractivity contribution < 1.29 is 9.59 Å². The molecule has 0 spiro atoms. The lowest BCUT2D eigenvalue weighted by molar-refractivity contribution is -0.139. The zero-order valence-corrected chi connectivity index (χ0v) is 21.9. The molecule has 184 valence electrons. The van der Waals surface area contributed by atoms with Crippen molar-refractivity contribution in [3.63, 3.8) is 0 Å². The van der Waals surface area contributed by atoms with Crippen molar-refractivity contribution in [1.29, 1.82) is 0 Å². The number of rotatable bonds is 12. The lowest BCUT2D eigenvalue weighted by atomic mass is 10.0. The van der Waals surface area contributed by atoms with Crippen molar-refractivity contribution >= 4 is 35.2 Å². The molecule has 6 heteroatoms. The maximum Gasteiger partial charge on any atom is 0.243 e. The molecule has 1 atom stereocenters. The van der Waals surface area contributed by atoms with Gasteiger partial charge in [0.2, 0.25) is 11.8 Å². The van der Waals surface area contributed by atoms with Gasteiger partial charge >= 0.3 is 0 Å². The molecule has 0 radical (unpaired) electrons. The molecule has 3 rings (SSSR count). The van der Waals surface area contributed by atoms with Crippen LogP contribution in [0.2, 0.25) is 5.02 Å². The minimum absolute atomic E-state index is 0.0600. The van der Waals surface area contributed by atoms with E-state index in [0.29, 0.717) is 30.3 Å². The topological polar surface area (TPSA) is 49.4 Å². The molecule has 4 nitrogen and oxygen atoms in total. The standard InChI is InChI=1S/C29H33ClN2O2S/c1-3-17-31-29(34)27(18-23-9-5-4-6-10-23)32(19-24-15-13-22(2)14-16-24)28(33)21-35-20-25-11-7-8-12-26(25)30/h4-16,27H,3,17-21H2,1-2H3,(H,31,34)/t27-/m1/s1. The summed E-state index contributed by atoms with van der Waals surface area (Å²) in [4.78, 5) is 28.6. The molecular formula is C29H33ClN2O2S. The number of nitrogens with zero attached hydrogens (tertiary/aromatic N) is 1. The lowest BCUT2D eigenvalue weighted by Crippen LogP contribution is -2.51.